The molecule has 0 spiro atoms. The Morgan fingerprint density at radius 1 is 1.30 bits per heavy atom. The molecule has 7 nitrogen and oxygen atoms in total. The quantitative estimate of drug-likeness (QED) is 0.561. The van der Waals surface area contributed by atoms with Crippen molar-refractivity contribution in [3.8, 4) is 5.75 Å². The molecule has 1 heterocycles. The van der Waals surface area contributed by atoms with Crippen LogP contribution >= 0.6 is 11.8 Å². The number of carbonyl (C=O) groups is 1. The average Bonchev–Trinajstić information content (AvgIpc) is 3.15. The van der Waals surface area contributed by atoms with Crippen LogP contribution in [0.25, 0.3) is 0 Å². The second-order valence-corrected chi connectivity index (χ2v) is 6.89. The lowest BCUT2D eigenvalue weighted by molar-refractivity contribution is -0.384. The molecule has 1 aliphatic rings. The summed E-state index contributed by atoms with van der Waals surface area (Å²) in [5.74, 6) is 0.986. The number of rotatable bonds is 6. The molecule has 0 saturated heterocycles. The topological polar surface area (TPSA) is 85.0 Å². The number of amidine groups is 1. The Balaban J connectivity index is 1.60. The predicted octanol–water partition coefficient (Wildman–Crippen LogP) is 3.49. The number of ether oxygens (including phenoxy) is 1. The van der Waals surface area contributed by atoms with E-state index in [1.54, 1.807) is 30.0 Å². The fraction of sp³-hybridized carbons (Fsp3) is 0.263. The summed E-state index contributed by atoms with van der Waals surface area (Å²) in [4.78, 5) is 29.2. The molecular weight excluding hydrogens is 366 g/mol. The number of nitrogens with zero attached hydrogens (tertiary/aromatic N) is 3. The van der Waals surface area contributed by atoms with Crippen LogP contribution in [-0.2, 0) is 10.5 Å². The molecule has 1 amide bonds. The van der Waals surface area contributed by atoms with E-state index in [4.69, 9.17) is 4.74 Å². The number of carbonyl (C=O) groups excluding carboxylic acids is 1. The van der Waals surface area contributed by atoms with Crippen LogP contribution in [0.15, 0.2) is 59.6 Å². The first-order valence-electron chi connectivity index (χ1n) is 8.48. The fourth-order valence-electron chi connectivity index (χ4n) is 2.64. The van der Waals surface area contributed by atoms with Gasteiger partial charge in [0.25, 0.3) is 11.6 Å². The van der Waals surface area contributed by atoms with Gasteiger partial charge < -0.3 is 4.74 Å². The van der Waals surface area contributed by atoms with E-state index in [-0.39, 0.29) is 11.6 Å². The first kappa shape index (κ1) is 18.9. The Morgan fingerprint density at radius 2 is 2.07 bits per heavy atom. The Morgan fingerprint density at radius 3 is 2.81 bits per heavy atom. The van der Waals surface area contributed by atoms with Crippen LogP contribution in [0.2, 0.25) is 0 Å². The lowest BCUT2D eigenvalue weighted by Gasteiger charge is -2.22. The van der Waals surface area contributed by atoms with Crippen LogP contribution in [-0.4, -0.2) is 40.1 Å². The first-order valence-corrected chi connectivity index (χ1v) is 9.47. The zero-order valence-corrected chi connectivity index (χ0v) is 15.6. The van der Waals surface area contributed by atoms with Gasteiger partial charge in [-0.1, -0.05) is 42.1 Å². The molecule has 1 atom stereocenters. The highest BCUT2D eigenvalue weighted by Gasteiger charge is 2.29. The molecule has 140 valence electrons. The van der Waals surface area contributed by atoms with Crippen molar-refractivity contribution < 1.29 is 14.5 Å². The predicted molar refractivity (Wildman–Crippen MR) is 105 cm³/mol. The smallest absolute Gasteiger partial charge is 0.269 e. The van der Waals surface area contributed by atoms with E-state index in [1.165, 1.54) is 23.9 Å². The van der Waals surface area contributed by atoms with Crippen LogP contribution in [0.4, 0.5) is 5.69 Å². The highest BCUT2D eigenvalue weighted by molar-refractivity contribution is 8.13. The molecule has 0 aromatic heterocycles. The van der Waals surface area contributed by atoms with Crippen molar-refractivity contribution in [3.63, 3.8) is 0 Å². The van der Waals surface area contributed by atoms with Crippen molar-refractivity contribution in [1.82, 2.24) is 4.90 Å². The minimum atomic E-state index is -0.630. The fourth-order valence-corrected chi connectivity index (χ4v) is 3.63. The Hall–Kier alpha value is -2.87. The third kappa shape index (κ3) is 4.85. The number of nitro benzene ring substituents is 1. The maximum atomic E-state index is 12.7. The van der Waals surface area contributed by atoms with Crippen LogP contribution in [0.1, 0.15) is 12.5 Å². The molecule has 0 saturated carbocycles. The van der Waals surface area contributed by atoms with E-state index < -0.39 is 11.0 Å². The molecule has 8 heteroatoms. The summed E-state index contributed by atoms with van der Waals surface area (Å²) in [5.41, 5.74) is 0.865. The van der Waals surface area contributed by atoms with Gasteiger partial charge in [-0.25, -0.2) is 0 Å². The van der Waals surface area contributed by atoms with Gasteiger partial charge in [-0.3, -0.25) is 24.8 Å². The highest BCUT2D eigenvalue weighted by Crippen LogP contribution is 2.23. The largest absolute Gasteiger partial charge is 0.481 e. The van der Waals surface area contributed by atoms with Gasteiger partial charge in [-0.05, 0) is 24.6 Å². The Bertz CT molecular complexity index is 857. The number of benzene rings is 2. The normalized spacial score (nSPS) is 14.6. The van der Waals surface area contributed by atoms with Gasteiger partial charge in [0.05, 0.1) is 11.5 Å². The van der Waals surface area contributed by atoms with Gasteiger partial charge in [-0.15, -0.1) is 0 Å². The molecule has 27 heavy (non-hydrogen) atoms. The minimum absolute atomic E-state index is 0.0549. The zero-order chi connectivity index (χ0) is 19.2. The standard InChI is InChI=1S/C19H19N3O4S/c1-14(26-17-8-3-2-4-9-17)18(23)21-11-10-20-19(21)27-13-15-6-5-7-16(12-15)22(24)25/h2-9,12,14H,10-11,13H2,1H3/t14-/m1/s1. The number of hydrogen-bond acceptors (Lipinski definition) is 6. The lowest BCUT2D eigenvalue weighted by Crippen LogP contribution is -2.41. The maximum absolute atomic E-state index is 12.7. The molecule has 1 aliphatic heterocycles. The molecule has 2 aromatic rings. The zero-order valence-electron chi connectivity index (χ0n) is 14.8. The van der Waals surface area contributed by atoms with Crippen LogP contribution in [0.5, 0.6) is 5.75 Å². The van der Waals surface area contributed by atoms with Gasteiger partial charge in [0.15, 0.2) is 11.3 Å². The summed E-state index contributed by atoms with van der Waals surface area (Å²) in [6, 6.07) is 15.7. The average molecular weight is 385 g/mol. The first-order chi connectivity index (χ1) is 13.0. The number of aliphatic imine (C=N–C) groups is 1. The molecule has 0 fully saturated rings. The summed E-state index contributed by atoms with van der Waals surface area (Å²) >= 11 is 1.39. The SMILES string of the molecule is C[C@@H](Oc1ccccc1)C(=O)N1CCN=C1SCc1cccc([N+](=O)[O-])c1. The van der Waals surface area contributed by atoms with E-state index >= 15 is 0 Å². The van der Waals surface area contributed by atoms with Crippen molar-refractivity contribution in [2.75, 3.05) is 13.1 Å². The van der Waals surface area contributed by atoms with Crippen LogP contribution < -0.4 is 4.74 Å². The number of para-hydroxylation sites is 1. The van der Waals surface area contributed by atoms with Crippen molar-refractivity contribution in [2.45, 2.75) is 18.8 Å². The van der Waals surface area contributed by atoms with Crippen LogP contribution in [0, 0.1) is 10.1 Å². The summed E-state index contributed by atoms with van der Waals surface area (Å²) < 4.78 is 5.71. The van der Waals surface area contributed by atoms with Crippen molar-refractivity contribution in [2.24, 2.45) is 4.99 Å². The summed E-state index contributed by atoms with van der Waals surface area (Å²) in [7, 11) is 0. The lowest BCUT2D eigenvalue weighted by atomic mass is 10.2. The van der Waals surface area contributed by atoms with Gasteiger partial charge in [0.2, 0.25) is 0 Å². The van der Waals surface area contributed by atoms with Crippen LogP contribution in [0.3, 0.4) is 0 Å². The van der Waals surface area contributed by atoms with Crippen molar-refractivity contribution in [1.29, 1.82) is 0 Å². The molecule has 0 aliphatic carbocycles. The molecule has 3 rings (SSSR count). The second-order valence-electron chi connectivity index (χ2n) is 5.94. The van der Waals surface area contributed by atoms with E-state index in [0.29, 0.717) is 29.8 Å². The molecule has 2 aromatic carbocycles. The highest BCUT2D eigenvalue weighted by atomic mass is 32.2. The Labute approximate surface area is 161 Å². The molecule has 0 N–H and O–H groups in total. The molecule has 0 radical (unpaired) electrons. The maximum Gasteiger partial charge on any atom is 0.269 e. The number of hydrogen-bond donors (Lipinski definition) is 0. The van der Waals surface area contributed by atoms with E-state index in [0.717, 1.165) is 5.56 Å². The molecular formula is C19H19N3O4S. The number of thioether (sulfide) groups is 1. The third-order valence-corrected chi connectivity index (χ3v) is 5.05. The Kier molecular flexibility index (Phi) is 6.08. The van der Waals surface area contributed by atoms with E-state index in [2.05, 4.69) is 4.99 Å². The van der Waals surface area contributed by atoms with Gasteiger partial charge in [0, 0.05) is 24.4 Å². The number of nitro groups is 1. The molecule has 0 unspecified atom stereocenters. The van der Waals surface area contributed by atoms with Gasteiger partial charge in [-0.2, -0.15) is 0 Å². The summed E-state index contributed by atoms with van der Waals surface area (Å²) in [6.45, 7) is 2.77. The number of non-ortho nitro benzene ring substituents is 1. The second kappa shape index (κ2) is 8.68. The van der Waals surface area contributed by atoms with E-state index in [9.17, 15) is 14.9 Å². The number of amides is 1. The summed E-state index contributed by atoms with van der Waals surface area (Å²) in [6.07, 6.45) is -0.630. The van der Waals surface area contributed by atoms with Crippen molar-refractivity contribution >= 4 is 28.5 Å². The third-order valence-electron chi connectivity index (χ3n) is 3.96. The van der Waals surface area contributed by atoms with Gasteiger partial charge >= 0.3 is 0 Å². The monoisotopic (exact) mass is 385 g/mol. The van der Waals surface area contributed by atoms with E-state index in [1.807, 2.05) is 24.3 Å². The summed E-state index contributed by atoms with van der Waals surface area (Å²) in [5, 5.41) is 11.5. The molecule has 0 bridgehead atoms. The minimum Gasteiger partial charge on any atom is -0.481 e. The van der Waals surface area contributed by atoms with Gasteiger partial charge in [0.1, 0.15) is 5.75 Å². The van der Waals surface area contributed by atoms with Crippen molar-refractivity contribution in [3.05, 3.63) is 70.3 Å².